The molecule has 0 unspecified atom stereocenters. The van der Waals surface area contributed by atoms with Gasteiger partial charge in [0.05, 0.1) is 0 Å². The fourth-order valence-corrected chi connectivity index (χ4v) is 2.72. The second-order valence-corrected chi connectivity index (χ2v) is 5.07. The molecule has 0 N–H and O–H groups in total. The zero-order chi connectivity index (χ0) is 12.6. The number of alkyl halides is 2. The molecule has 1 aliphatic carbocycles. The van der Waals surface area contributed by atoms with E-state index in [4.69, 9.17) is 16.3 Å². The zero-order valence-corrected chi connectivity index (χ0v) is 11.3. The van der Waals surface area contributed by atoms with Crippen molar-refractivity contribution in [1.29, 1.82) is 0 Å². The van der Waals surface area contributed by atoms with Crippen molar-refractivity contribution in [1.82, 2.24) is 0 Å². The van der Waals surface area contributed by atoms with Gasteiger partial charge in [-0.1, -0.05) is 27.5 Å². The van der Waals surface area contributed by atoms with Crippen molar-refractivity contribution in [2.45, 2.75) is 18.4 Å². The standard InChI is InChI=1S/C11H10BrClF2O2/c1-16-5-17-10-9-6(4-11(10,14)15)7(12)2-3-8(9)13/h2-3,10H,4-5H2,1H3/t10-/m0/s1. The zero-order valence-electron chi connectivity index (χ0n) is 8.97. The van der Waals surface area contributed by atoms with Gasteiger partial charge in [0, 0.05) is 28.6 Å². The molecule has 0 amide bonds. The van der Waals surface area contributed by atoms with Crippen LogP contribution in [0.1, 0.15) is 17.2 Å². The third-order valence-corrected chi connectivity index (χ3v) is 3.73. The van der Waals surface area contributed by atoms with Crippen LogP contribution < -0.4 is 0 Å². The van der Waals surface area contributed by atoms with E-state index in [1.54, 1.807) is 12.1 Å². The second kappa shape index (κ2) is 4.80. The van der Waals surface area contributed by atoms with Crippen molar-refractivity contribution in [2.24, 2.45) is 0 Å². The molecular weight excluding hydrogens is 317 g/mol. The van der Waals surface area contributed by atoms with Crippen LogP contribution >= 0.6 is 27.5 Å². The van der Waals surface area contributed by atoms with E-state index in [1.807, 2.05) is 0 Å². The topological polar surface area (TPSA) is 18.5 Å². The van der Waals surface area contributed by atoms with Gasteiger partial charge in [-0.05, 0) is 17.7 Å². The summed E-state index contributed by atoms with van der Waals surface area (Å²) in [6.07, 6.45) is -1.72. The highest BCUT2D eigenvalue weighted by molar-refractivity contribution is 9.10. The van der Waals surface area contributed by atoms with E-state index in [0.29, 0.717) is 20.6 Å². The molecule has 0 bridgehead atoms. The number of benzene rings is 1. The summed E-state index contributed by atoms with van der Waals surface area (Å²) >= 11 is 9.22. The Bertz CT molecular complexity index is 440. The van der Waals surface area contributed by atoms with Gasteiger partial charge in [-0.2, -0.15) is 0 Å². The van der Waals surface area contributed by atoms with Crippen molar-refractivity contribution >= 4 is 27.5 Å². The lowest BCUT2D eigenvalue weighted by molar-refractivity contribution is -0.169. The Labute approximate surface area is 111 Å². The van der Waals surface area contributed by atoms with Crippen molar-refractivity contribution in [2.75, 3.05) is 13.9 Å². The Balaban J connectivity index is 2.44. The minimum Gasteiger partial charge on any atom is -0.359 e. The molecule has 0 aromatic heterocycles. The van der Waals surface area contributed by atoms with Crippen LogP contribution in [0.4, 0.5) is 8.78 Å². The molecule has 2 nitrogen and oxygen atoms in total. The van der Waals surface area contributed by atoms with E-state index in [0.717, 1.165) is 0 Å². The first-order valence-corrected chi connectivity index (χ1v) is 6.09. The Morgan fingerprint density at radius 1 is 1.53 bits per heavy atom. The van der Waals surface area contributed by atoms with Crippen LogP contribution in [-0.4, -0.2) is 19.8 Å². The van der Waals surface area contributed by atoms with Crippen LogP contribution in [0.25, 0.3) is 0 Å². The van der Waals surface area contributed by atoms with Crippen LogP contribution in [-0.2, 0) is 15.9 Å². The molecular formula is C11H10BrClF2O2. The molecule has 1 aliphatic rings. The van der Waals surface area contributed by atoms with Crippen LogP contribution in [0.2, 0.25) is 5.02 Å². The van der Waals surface area contributed by atoms with E-state index in [-0.39, 0.29) is 13.2 Å². The number of hydrogen-bond donors (Lipinski definition) is 0. The van der Waals surface area contributed by atoms with Gasteiger partial charge in [-0.15, -0.1) is 0 Å². The molecule has 0 saturated heterocycles. The van der Waals surface area contributed by atoms with Gasteiger partial charge in [-0.3, -0.25) is 0 Å². The maximum atomic E-state index is 13.8. The Hall–Kier alpha value is -0.230. The predicted molar refractivity (Wildman–Crippen MR) is 63.5 cm³/mol. The summed E-state index contributed by atoms with van der Waals surface area (Å²) in [6.45, 7) is -0.192. The van der Waals surface area contributed by atoms with Gasteiger partial charge >= 0.3 is 0 Å². The molecule has 94 valence electrons. The number of ether oxygens (including phenoxy) is 2. The van der Waals surface area contributed by atoms with Crippen LogP contribution in [0, 0.1) is 0 Å². The first kappa shape index (κ1) is 13.2. The molecule has 0 radical (unpaired) electrons. The smallest absolute Gasteiger partial charge is 0.282 e. The molecule has 1 aromatic rings. The molecule has 17 heavy (non-hydrogen) atoms. The summed E-state index contributed by atoms with van der Waals surface area (Å²) < 4.78 is 38.0. The van der Waals surface area contributed by atoms with E-state index in [2.05, 4.69) is 20.7 Å². The van der Waals surface area contributed by atoms with Gasteiger partial charge in [-0.25, -0.2) is 8.78 Å². The number of fused-ring (bicyclic) bond motifs is 1. The number of halogens is 4. The monoisotopic (exact) mass is 326 g/mol. The van der Waals surface area contributed by atoms with Gasteiger partial charge in [0.15, 0.2) is 6.10 Å². The van der Waals surface area contributed by atoms with E-state index < -0.39 is 12.0 Å². The van der Waals surface area contributed by atoms with Crippen LogP contribution in [0.15, 0.2) is 16.6 Å². The van der Waals surface area contributed by atoms with Gasteiger partial charge in [0.25, 0.3) is 5.92 Å². The first-order valence-electron chi connectivity index (χ1n) is 4.92. The molecule has 0 fully saturated rings. The van der Waals surface area contributed by atoms with Crippen molar-refractivity contribution in [3.8, 4) is 0 Å². The van der Waals surface area contributed by atoms with E-state index >= 15 is 0 Å². The van der Waals surface area contributed by atoms with Crippen molar-refractivity contribution in [3.05, 3.63) is 32.8 Å². The lowest BCUT2D eigenvalue weighted by Gasteiger charge is -2.20. The van der Waals surface area contributed by atoms with Crippen molar-refractivity contribution in [3.63, 3.8) is 0 Å². The molecule has 0 saturated carbocycles. The van der Waals surface area contributed by atoms with Crippen molar-refractivity contribution < 1.29 is 18.3 Å². The SMILES string of the molecule is COCO[C@H]1c2c(Cl)ccc(Br)c2CC1(F)F. The minimum absolute atomic E-state index is 0.192. The van der Waals surface area contributed by atoms with Gasteiger partial charge in [0.2, 0.25) is 0 Å². The molecule has 2 rings (SSSR count). The molecule has 0 aliphatic heterocycles. The Morgan fingerprint density at radius 2 is 2.24 bits per heavy atom. The van der Waals surface area contributed by atoms with E-state index in [9.17, 15) is 8.78 Å². The van der Waals surface area contributed by atoms with Crippen LogP contribution in [0.5, 0.6) is 0 Å². The van der Waals surface area contributed by atoms with Gasteiger partial charge < -0.3 is 9.47 Å². The highest BCUT2D eigenvalue weighted by Gasteiger charge is 2.50. The number of rotatable bonds is 3. The summed E-state index contributed by atoms with van der Waals surface area (Å²) in [5.74, 6) is -2.96. The predicted octanol–water partition coefficient (Wildman–Crippen LogP) is 3.96. The normalized spacial score (nSPS) is 21.6. The number of methoxy groups -OCH3 is 1. The van der Waals surface area contributed by atoms with Crippen LogP contribution in [0.3, 0.4) is 0 Å². The number of hydrogen-bond acceptors (Lipinski definition) is 2. The molecule has 0 heterocycles. The maximum Gasteiger partial charge on any atom is 0.282 e. The first-order chi connectivity index (χ1) is 7.97. The van der Waals surface area contributed by atoms with Gasteiger partial charge in [0.1, 0.15) is 6.79 Å². The largest absolute Gasteiger partial charge is 0.359 e. The average molecular weight is 328 g/mol. The molecule has 1 atom stereocenters. The summed E-state index contributed by atoms with van der Waals surface area (Å²) in [4.78, 5) is 0. The third kappa shape index (κ3) is 2.34. The third-order valence-electron chi connectivity index (χ3n) is 2.66. The molecule has 0 spiro atoms. The summed E-state index contributed by atoms with van der Waals surface area (Å²) in [5.41, 5.74) is 0.853. The average Bonchev–Trinajstić information content (AvgIpc) is 2.53. The minimum atomic E-state index is -2.96. The fourth-order valence-electron chi connectivity index (χ4n) is 1.95. The lowest BCUT2D eigenvalue weighted by Crippen LogP contribution is -2.25. The maximum absolute atomic E-state index is 13.8. The second-order valence-electron chi connectivity index (χ2n) is 3.81. The highest BCUT2D eigenvalue weighted by atomic mass is 79.9. The molecule has 6 heteroatoms. The Morgan fingerprint density at radius 3 is 2.88 bits per heavy atom. The highest BCUT2D eigenvalue weighted by Crippen LogP contribution is 2.50. The quantitative estimate of drug-likeness (QED) is 0.783. The van der Waals surface area contributed by atoms with E-state index in [1.165, 1.54) is 7.11 Å². The summed E-state index contributed by atoms with van der Waals surface area (Å²) in [5, 5.41) is 0.293. The lowest BCUT2D eigenvalue weighted by atomic mass is 10.1. The molecule has 1 aromatic carbocycles. The summed E-state index contributed by atoms with van der Waals surface area (Å²) in [7, 11) is 1.39. The fraction of sp³-hybridized carbons (Fsp3) is 0.455. The Kier molecular flexibility index (Phi) is 3.73. The summed E-state index contributed by atoms with van der Waals surface area (Å²) in [6, 6.07) is 3.24.